The topological polar surface area (TPSA) is 8.17 Å². The smallest absolute Gasteiger partial charge is 0.0541 e. The number of anilines is 3. The van der Waals surface area contributed by atoms with Crippen molar-refractivity contribution in [1.29, 1.82) is 0 Å². The zero-order valence-corrected chi connectivity index (χ0v) is 37.3. The van der Waals surface area contributed by atoms with Crippen molar-refractivity contribution in [1.82, 2.24) is 4.57 Å². The molecule has 12 aromatic carbocycles. The largest absolute Gasteiger partial charge is 0.309 e. The highest BCUT2D eigenvalue weighted by molar-refractivity contribution is 6.12. The number of rotatable bonds is 8. The van der Waals surface area contributed by atoms with Crippen LogP contribution in [0.1, 0.15) is 0 Å². The summed E-state index contributed by atoms with van der Waals surface area (Å²) in [7, 11) is 0. The second kappa shape index (κ2) is 16.5. The first-order valence-corrected chi connectivity index (χ1v) is 23.4. The van der Waals surface area contributed by atoms with Crippen molar-refractivity contribution >= 4 is 71.2 Å². The molecule has 0 spiro atoms. The second-order valence-electron chi connectivity index (χ2n) is 17.6. The van der Waals surface area contributed by atoms with Crippen molar-refractivity contribution in [3.8, 4) is 50.2 Å². The van der Waals surface area contributed by atoms with Gasteiger partial charge in [-0.3, -0.25) is 0 Å². The molecule has 0 N–H and O–H groups in total. The van der Waals surface area contributed by atoms with E-state index in [9.17, 15) is 0 Å². The molecule has 318 valence electrons. The number of hydrogen-bond acceptors (Lipinski definition) is 1. The fourth-order valence-corrected chi connectivity index (χ4v) is 10.7. The summed E-state index contributed by atoms with van der Waals surface area (Å²) in [6.45, 7) is 0. The maximum atomic E-state index is 2.49. The van der Waals surface area contributed by atoms with Crippen molar-refractivity contribution in [2.24, 2.45) is 0 Å². The van der Waals surface area contributed by atoms with Crippen molar-refractivity contribution in [3.05, 3.63) is 267 Å². The third kappa shape index (κ3) is 6.65. The van der Waals surface area contributed by atoms with E-state index in [-0.39, 0.29) is 0 Å². The van der Waals surface area contributed by atoms with Gasteiger partial charge in [-0.1, -0.05) is 212 Å². The summed E-state index contributed by atoms with van der Waals surface area (Å²) >= 11 is 0. The van der Waals surface area contributed by atoms with Crippen molar-refractivity contribution in [2.75, 3.05) is 4.90 Å². The average Bonchev–Trinajstić information content (AvgIpc) is 3.75. The van der Waals surface area contributed by atoms with Crippen molar-refractivity contribution < 1.29 is 0 Å². The van der Waals surface area contributed by atoms with Crippen molar-refractivity contribution in [2.45, 2.75) is 0 Å². The van der Waals surface area contributed by atoms with Crippen LogP contribution in [0.5, 0.6) is 0 Å². The SMILES string of the molecule is c1ccc(-c2cc(-c3ccccc3N(c3cccc(-c4cccc5ccccc45)c3)c3ccc(-c4cccc5ccccc45)c4ccccc34)cc(-n3c4ccccc4c4ccccc43)c2)cc1. The number of aromatic nitrogens is 1. The molecule has 0 unspecified atom stereocenters. The van der Waals surface area contributed by atoms with E-state index in [0.717, 1.165) is 45.0 Å². The van der Waals surface area contributed by atoms with E-state index in [0.29, 0.717) is 0 Å². The predicted octanol–water partition coefficient (Wildman–Crippen LogP) is 18.4. The highest BCUT2D eigenvalue weighted by Crippen LogP contribution is 2.48. The number of para-hydroxylation sites is 3. The molecule has 0 fully saturated rings. The molecule has 2 heteroatoms. The Labute approximate surface area is 395 Å². The van der Waals surface area contributed by atoms with E-state index >= 15 is 0 Å². The molecule has 0 saturated carbocycles. The van der Waals surface area contributed by atoms with Gasteiger partial charge in [0, 0.05) is 33.1 Å². The Bertz CT molecular complexity index is 3980. The lowest BCUT2D eigenvalue weighted by atomic mass is 9.92. The molecular weight excluding hydrogens is 821 g/mol. The van der Waals surface area contributed by atoms with Crippen LogP contribution in [0.25, 0.3) is 104 Å². The Morgan fingerprint density at radius 1 is 0.250 bits per heavy atom. The van der Waals surface area contributed by atoms with Crippen LogP contribution in [0.3, 0.4) is 0 Å². The number of nitrogens with zero attached hydrogens (tertiary/aromatic N) is 2. The van der Waals surface area contributed by atoms with E-state index < -0.39 is 0 Å². The normalized spacial score (nSPS) is 11.5. The molecule has 0 aliphatic heterocycles. The molecule has 0 radical (unpaired) electrons. The molecule has 0 aliphatic rings. The molecule has 1 aromatic heterocycles. The third-order valence-corrected chi connectivity index (χ3v) is 13.7. The average molecular weight is 865 g/mol. The minimum Gasteiger partial charge on any atom is -0.309 e. The highest BCUT2D eigenvalue weighted by Gasteiger charge is 2.23. The monoisotopic (exact) mass is 864 g/mol. The van der Waals surface area contributed by atoms with Gasteiger partial charge >= 0.3 is 0 Å². The van der Waals surface area contributed by atoms with Gasteiger partial charge in [-0.25, -0.2) is 0 Å². The maximum Gasteiger partial charge on any atom is 0.0541 e. The van der Waals surface area contributed by atoms with Crippen LogP contribution in [-0.2, 0) is 0 Å². The molecule has 2 nitrogen and oxygen atoms in total. The molecule has 13 rings (SSSR count). The van der Waals surface area contributed by atoms with Crippen LogP contribution in [0.15, 0.2) is 267 Å². The Balaban J connectivity index is 1.08. The molecule has 68 heavy (non-hydrogen) atoms. The number of hydrogen-bond donors (Lipinski definition) is 0. The zero-order valence-electron chi connectivity index (χ0n) is 37.3. The lowest BCUT2D eigenvalue weighted by molar-refractivity contribution is 1.18. The second-order valence-corrected chi connectivity index (χ2v) is 17.6. The van der Waals surface area contributed by atoms with Crippen LogP contribution >= 0.6 is 0 Å². The number of fused-ring (bicyclic) bond motifs is 6. The lowest BCUT2D eigenvalue weighted by Crippen LogP contribution is -2.12. The van der Waals surface area contributed by atoms with Crippen LogP contribution < -0.4 is 4.90 Å². The highest BCUT2D eigenvalue weighted by atomic mass is 15.1. The minimum absolute atomic E-state index is 1.08. The van der Waals surface area contributed by atoms with Gasteiger partial charge in [0.15, 0.2) is 0 Å². The molecule has 0 atom stereocenters. The first-order valence-electron chi connectivity index (χ1n) is 23.4. The van der Waals surface area contributed by atoms with E-state index in [1.54, 1.807) is 0 Å². The Hall–Kier alpha value is -8.98. The van der Waals surface area contributed by atoms with E-state index in [2.05, 4.69) is 276 Å². The van der Waals surface area contributed by atoms with Gasteiger partial charge in [-0.2, -0.15) is 0 Å². The van der Waals surface area contributed by atoms with E-state index in [1.807, 2.05) is 0 Å². The van der Waals surface area contributed by atoms with Gasteiger partial charge in [0.25, 0.3) is 0 Å². The van der Waals surface area contributed by atoms with E-state index in [1.165, 1.54) is 76.4 Å². The third-order valence-electron chi connectivity index (χ3n) is 13.7. The summed E-state index contributed by atoms with van der Waals surface area (Å²) < 4.78 is 2.44. The minimum atomic E-state index is 1.08. The van der Waals surface area contributed by atoms with Crippen LogP contribution in [0.2, 0.25) is 0 Å². The van der Waals surface area contributed by atoms with Gasteiger partial charge < -0.3 is 9.47 Å². The predicted molar refractivity (Wildman–Crippen MR) is 290 cm³/mol. The van der Waals surface area contributed by atoms with Gasteiger partial charge in [0.05, 0.1) is 22.4 Å². The first kappa shape index (κ1) is 39.4. The standard InChI is InChI=1S/C66H44N2/c1-2-19-45(20-3-1)49-41-50(44-52(43-49)68-64-37-14-11-32-61(64)62-33-12-15-38-65(62)68)56-29-10-13-36-63(56)67(51-26-16-25-48(42-51)55-34-17-23-46-21-4-6-27-53(46)55)66-40-39-59(58-30-8-9-31-60(58)66)57-35-18-24-47-22-5-7-28-54(47)57/h1-44H. The Kier molecular flexibility index (Phi) is 9.54. The maximum absolute atomic E-state index is 2.49. The van der Waals surface area contributed by atoms with Crippen LogP contribution in [-0.4, -0.2) is 4.57 Å². The fourth-order valence-electron chi connectivity index (χ4n) is 10.7. The number of benzene rings is 12. The zero-order chi connectivity index (χ0) is 45.0. The van der Waals surface area contributed by atoms with Crippen molar-refractivity contribution in [3.63, 3.8) is 0 Å². The molecule has 0 saturated heterocycles. The summed E-state index contributed by atoms with van der Waals surface area (Å²) in [4.78, 5) is 2.49. The molecule has 0 aliphatic carbocycles. The summed E-state index contributed by atoms with van der Waals surface area (Å²) in [6.07, 6.45) is 0. The summed E-state index contributed by atoms with van der Waals surface area (Å²) in [5.74, 6) is 0. The molecular formula is C66H44N2. The van der Waals surface area contributed by atoms with Gasteiger partial charge in [-0.05, 0) is 120 Å². The molecule has 0 bridgehead atoms. The first-order chi connectivity index (χ1) is 33.7. The van der Waals surface area contributed by atoms with Crippen LogP contribution in [0, 0.1) is 0 Å². The summed E-state index contributed by atoms with van der Waals surface area (Å²) in [5.41, 5.74) is 16.2. The lowest BCUT2D eigenvalue weighted by Gasteiger charge is -2.30. The molecule has 1 heterocycles. The van der Waals surface area contributed by atoms with Crippen LogP contribution in [0.4, 0.5) is 17.1 Å². The molecule has 13 aromatic rings. The van der Waals surface area contributed by atoms with Gasteiger partial charge in [0.2, 0.25) is 0 Å². The summed E-state index contributed by atoms with van der Waals surface area (Å²) in [6, 6.07) is 97.8. The Morgan fingerprint density at radius 3 is 1.49 bits per heavy atom. The quantitative estimate of drug-likeness (QED) is 0.148. The van der Waals surface area contributed by atoms with Gasteiger partial charge in [-0.15, -0.1) is 0 Å². The Morgan fingerprint density at radius 2 is 0.750 bits per heavy atom. The van der Waals surface area contributed by atoms with Gasteiger partial charge in [0.1, 0.15) is 0 Å². The summed E-state index contributed by atoms with van der Waals surface area (Å²) in [5, 5.41) is 9.80. The fraction of sp³-hybridized carbons (Fsp3) is 0. The molecule has 0 amide bonds. The van der Waals surface area contributed by atoms with E-state index in [4.69, 9.17) is 0 Å².